The zero-order valence-electron chi connectivity index (χ0n) is 10.7. The maximum Gasteiger partial charge on any atom is 0.0977 e. The van der Waals surface area contributed by atoms with Crippen LogP contribution in [0.3, 0.4) is 0 Å². The van der Waals surface area contributed by atoms with E-state index in [0.717, 1.165) is 28.2 Å². The van der Waals surface area contributed by atoms with Crippen molar-refractivity contribution in [2.24, 2.45) is 0 Å². The summed E-state index contributed by atoms with van der Waals surface area (Å²) in [4.78, 5) is 4.67. The van der Waals surface area contributed by atoms with Crippen molar-refractivity contribution in [3.8, 4) is 11.3 Å². The molecule has 2 N–H and O–H groups in total. The molecular formula is C16H13ClN2S. The molecule has 3 rings (SSSR count). The summed E-state index contributed by atoms with van der Waals surface area (Å²) in [5.41, 5.74) is 9.59. The number of thiazole rings is 1. The van der Waals surface area contributed by atoms with Crippen LogP contribution < -0.4 is 5.73 Å². The predicted molar refractivity (Wildman–Crippen MR) is 86.2 cm³/mol. The minimum absolute atomic E-state index is 0.683. The topological polar surface area (TPSA) is 38.9 Å². The third-order valence-electron chi connectivity index (χ3n) is 3.04. The van der Waals surface area contributed by atoms with Crippen molar-refractivity contribution >= 4 is 28.6 Å². The molecule has 0 aliphatic heterocycles. The third kappa shape index (κ3) is 2.84. The maximum atomic E-state index is 6.20. The second kappa shape index (κ2) is 5.65. The highest BCUT2D eigenvalue weighted by atomic mass is 35.5. The summed E-state index contributed by atoms with van der Waals surface area (Å²) in [5, 5.41) is 3.83. The summed E-state index contributed by atoms with van der Waals surface area (Å²) in [6.07, 6.45) is 0.733. The lowest BCUT2D eigenvalue weighted by Gasteiger charge is -2.02. The summed E-state index contributed by atoms with van der Waals surface area (Å²) in [5.74, 6) is 0. The number of benzene rings is 2. The molecule has 0 radical (unpaired) electrons. The van der Waals surface area contributed by atoms with Crippen LogP contribution >= 0.6 is 22.9 Å². The normalized spacial score (nSPS) is 10.7. The van der Waals surface area contributed by atoms with Crippen molar-refractivity contribution < 1.29 is 0 Å². The average molecular weight is 301 g/mol. The molecule has 20 heavy (non-hydrogen) atoms. The van der Waals surface area contributed by atoms with Gasteiger partial charge in [-0.15, -0.1) is 11.3 Å². The van der Waals surface area contributed by atoms with E-state index in [1.807, 2.05) is 30.3 Å². The first kappa shape index (κ1) is 13.2. The van der Waals surface area contributed by atoms with Crippen LogP contribution in [0.15, 0.2) is 53.9 Å². The Balaban J connectivity index is 1.84. The monoisotopic (exact) mass is 300 g/mol. The van der Waals surface area contributed by atoms with E-state index in [1.165, 1.54) is 0 Å². The molecular weight excluding hydrogens is 288 g/mol. The first-order valence-corrected chi connectivity index (χ1v) is 7.52. The molecule has 0 spiro atoms. The predicted octanol–water partition coefficient (Wildman–Crippen LogP) is 4.64. The van der Waals surface area contributed by atoms with Gasteiger partial charge >= 0.3 is 0 Å². The fourth-order valence-electron chi connectivity index (χ4n) is 2.00. The van der Waals surface area contributed by atoms with Gasteiger partial charge in [-0.3, -0.25) is 0 Å². The number of hydrogen-bond donors (Lipinski definition) is 1. The lowest BCUT2D eigenvalue weighted by Crippen LogP contribution is -1.91. The SMILES string of the molecule is Nc1ccc(Cc2nc(-c3ccccc3)cs2)c(Cl)c1. The van der Waals surface area contributed by atoms with Crippen molar-refractivity contribution in [1.82, 2.24) is 4.98 Å². The maximum absolute atomic E-state index is 6.20. The Kier molecular flexibility index (Phi) is 3.72. The second-order valence-electron chi connectivity index (χ2n) is 4.52. The number of nitrogens with two attached hydrogens (primary N) is 1. The van der Waals surface area contributed by atoms with E-state index >= 15 is 0 Å². The molecule has 0 unspecified atom stereocenters. The van der Waals surface area contributed by atoms with Gasteiger partial charge in [0.2, 0.25) is 0 Å². The molecule has 2 nitrogen and oxygen atoms in total. The molecule has 0 amide bonds. The lowest BCUT2D eigenvalue weighted by molar-refractivity contribution is 1.14. The van der Waals surface area contributed by atoms with Crippen LogP contribution in [0.4, 0.5) is 5.69 Å². The molecule has 3 aromatic rings. The van der Waals surface area contributed by atoms with E-state index in [-0.39, 0.29) is 0 Å². The molecule has 1 heterocycles. The highest BCUT2D eigenvalue weighted by Gasteiger charge is 2.07. The molecule has 0 saturated heterocycles. The molecule has 1 aromatic heterocycles. The molecule has 2 aromatic carbocycles. The first-order valence-electron chi connectivity index (χ1n) is 6.26. The number of nitrogen functional groups attached to an aromatic ring is 1. The van der Waals surface area contributed by atoms with Crippen LogP contribution in [0.25, 0.3) is 11.3 Å². The molecule has 0 aliphatic rings. The summed E-state index contributed by atoms with van der Waals surface area (Å²) in [6.45, 7) is 0. The number of aromatic nitrogens is 1. The van der Waals surface area contributed by atoms with Crippen LogP contribution in [0.1, 0.15) is 10.6 Å². The Labute approximate surface area is 126 Å². The van der Waals surface area contributed by atoms with Crippen LogP contribution in [-0.2, 0) is 6.42 Å². The molecule has 0 fully saturated rings. The number of nitrogens with zero attached hydrogens (tertiary/aromatic N) is 1. The molecule has 0 aliphatic carbocycles. The van der Waals surface area contributed by atoms with E-state index in [4.69, 9.17) is 17.3 Å². The van der Waals surface area contributed by atoms with E-state index in [9.17, 15) is 0 Å². The van der Waals surface area contributed by atoms with Crippen molar-refractivity contribution in [3.05, 3.63) is 69.5 Å². The lowest BCUT2D eigenvalue weighted by atomic mass is 10.1. The smallest absolute Gasteiger partial charge is 0.0977 e. The van der Waals surface area contributed by atoms with Crippen molar-refractivity contribution in [2.75, 3.05) is 5.73 Å². The van der Waals surface area contributed by atoms with Crippen molar-refractivity contribution in [3.63, 3.8) is 0 Å². The summed E-state index contributed by atoms with van der Waals surface area (Å²) >= 11 is 7.85. The van der Waals surface area contributed by atoms with Crippen molar-refractivity contribution in [2.45, 2.75) is 6.42 Å². The Morgan fingerprint density at radius 3 is 2.65 bits per heavy atom. The van der Waals surface area contributed by atoms with E-state index in [1.54, 1.807) is 17.4 Å². The number of rotatable bonds is 3. The molecule has 0 bridgehead atoms. The van der Waals surface area contributed by atoms with Gasteiger partial charge in [0.15, 0.2) is 0 Å². The fourth-order valence-corrected chi connectivity index (χ4v) is 3.09. The quantitative estimate of drug-likeness (QED) is 0.716. The number of halogens is 1. The summed E-state index contributed by atoms with van der Waals surface area (Å²) < 4.78 is 0. The first-order chi connectivity index (χ1) is 9.72. The van der Waals surface area contributed by atoms with Gasteiger partial charge in [0.25, 0.3) is 0 Å². The minimum Gasteiger partial charge on any atom is -0.399 e. The van der Waals surface area contributed by atoms with E-state index in [2.05, 4.69) is 22.5 Å². The Morgan fingerprint density at radius 1 is 1.10 bits per heavy atom. The van der Waals surface area contributed by atoms with Gasteiger partial charge in [-0.2, -0.15) is 0 Å². The van der Waals surface area contributed by atoms with Gasteiger partial charge < -0.3 is 5.73 Å². The fraction of sp³-hybridized carbons (Fsp3) is 0.0625. The summed E-state index contributed by atoms with van der Waals surface area (Å²) in [6, 6.07) is 15.8. The third-order valence-corrected chi connectivity index (χ3v) is 4.24. The van der Waals surface area contributed by atoms with Gasteiger partial charge in [-0.25, -0.2) is 4.98 Å². The van der Waals surface area contributed by atoms with E-state index in [0.29, 0.717) is 10.7 Å². The number of anilines is 1. The van der Waals surface area contributed by atoms with Gasteiger partial charge in [-0.05, 0) is 17.7 Å². The Morgan fingerprint density at radius 2 is 1.90 bits per heavy atom. The van der Waals surface area contributed by atoms with Gasteiger partial charge in [0.05, 0.1) is 10.7 Å². The second-order valence-corrected chi connectivity index (χ2v) is 5.87. The highest BCUT2D eigenvalue weighted by molar-refractivity contribution is 7.10. The summed E-state index contributed by atoms with van der Waals surface area (Å²) in [7, 11) is 0. The minimum atomic E-state index is 0.683. The zero-order valence-corrected chi connectivity index (χ0v) is 12.3. The number of hydrogen-bond acceptors (Lipinski definition) is 3. The average Bonchev–Trinajstić information content (AvgIpc) is 2.92. The van der Waals surface area contributed by atoms with Crippen LogP contribution in [0.5, 0.6) is 0 Å². The highest BCUT2D eigenvalue weighted by Crippen LogP contribution is 2.26. The largest absolute Gasteiger partial charge is 0.399 e. The molecule has 0 saturated carbocycles. The molecule has 0 atom stereocenters. The Hall–Kier alpha value is -1.84. The van der Waals surface area contributed by atoms with Gasteiger partial charge in [-0.1, -0.05) is 48.0 Å². The zero-order chi connectivity index (χ0) is 13.9. The van der Waals surface area contributed by atoms with Crippen molar-refractivity contribution in [1.29, 1.82) is 0 Å². The van der Waals surface area contributed by atoms with E-state index < -0.39 is 0 Å². The Bertz CT molecular complexity index is 722. The van der Waals surface area contributed by atoms with Gasteiger partial charge in [0, 0.05) is 28.1 Å². The molecule has 4 heteroatoms. The van der Waals surface area contributed by atoms with Crippen LogP contribution in [0, 0.1) is 0 Å². The van der Waals surface area contributed by atoms with Gasteiger partial charge in [0.1, 0.15) is 0 Å². The molecule has 100 valence electrons. The standard InChI is InChI=1S/C16H13ClN2S/c17-14-9-13(18)7-6-12(14)8-16-19-15(10-20-16)11-4-2-1-3-5-11/h1-7,9-10H,8,18H2. The van der Waals surface area contributed by atoms with Crippen LogP contribution in [0.2, 0.25) is 5.02 Å². The van der Waals surface area contributed by atoms with Crippen LogP contribution in [-0.4, -0.2) is 4.98 Å².